The minimum atomic E-state index is 0.723. The van der Waals surface area contributed by atoms with Gasteiger partial charge < -0.3 is 18.8 Å². The number of aromatic nitrogens is 17. The highest BCUT2D eigenvalue weighted by atomic mass is 32.1. The van der Waals surface area contributed by atoms with Crippen LogP contribution in [0.1, 0.15) is 128 Å². The van der Waals surface area contributed by atoms with Gasteiger partial charge in [-0.15, -0.1) is 0 Å². The quantitative estimate of drug-likeness (QED) is 0.143. The van der Waals surface area contributed by atoms with E-state index in [1.165, 1.54) is 82.9 Å². The fourth-order valence-corrected chi connectivity index (χ4v) is 12.0. The summed E-state index contributed by atoms with van der Waals surface area (Å²) in [6.07, 6.45) is 34.7. The first-order chi connectivity index (χ1) is 52.9. The van der Waals surface area contributed by atoms with E-state index in [9.17, 15) is 0 Å². The van der Waals surface area contributed by atoms with Crippen LogP contribution in [0, 0.1) is 55.4 Å². The lowest BCUT2D eigenvalue weighted by molar-refractivity contribution is 0.561. The Balaban J connectivity index is 0.000000127. The number of rotatable bonds is 0. The van der Waals surface area contributed by atoms with Crippen molar-refractivity contribution >= 4 is 97.0 Å². The fraction of sp³-hybridized carbons (Fsp3) is 0.244. The molecular weight excluding hydrogens is 1380 g/mol. The maximum atomic E-state index is 5.26. The molecule has 3 aromatic carbocycles. The molecule has 23 heteroatoms. The zero-order valence-corrected chi connectivity index (χ0v) is 64.9. The summed E-state index contributed by atoms with van der Waals surface area (Å²) in [4.78, 5) is 68.7. The molecule has 0 atom stereocenters. The van der Waals surface area contributed by atoms with E-state index in [1.807, 2.05) is 238 Å². The van der Waals surface area contributed by atoms with Gasteiger partial charge in [-0.1, -0.05) is 72.8 Å². The van der Waals surface area contributed by atoms with E-state index < -0.39 is 0 Å². The number of benzene rings is 3. The number of oxazole rings is 1. The van der Waals surface area contributed by atoms with Gasteiger partial charge in [0.25, 0.3) is 0 Å². The lowest BCUT2D eigenvalue weighted by Crippen LogP contribution is -2.19. The smallest absolute Gasteiger partial charge is 0.192 e. The molecule has 4 aliphatic heterocycles. The number of nitrogens with zero attached hydrogens (tertiary/aromatic N) is 19. The standard InChI is InChI=1S/C9H8N2.C9H13N.C9H9N.3C8H8N2.C8H7NO.C7H7N3.C7H8N2.C6H7N.C4H6N2.C3H4N2S/c1-7-6-10-8-4-2-3-5-9(8)11-7;2*1-7-6-8-4-2-3-5-9(8)10-7;1-6-4-7-2-3-9-5-8(7)10-6;1-6-5-8-7(10-6)3-2-4-9-8;1-7-6-10-5-3-2-4-8(10)9-7;1-6-9-7-4-2-3-5-8(7)10-6;1-6-8-7-4-2-3-5-10(7)9-6;1-5-8-6-3-2-4-7(6)9-5;1-6-4-2-3-5-7-6;1-4-5-2-3-6-4;1-3-4-2-5-6-3/h2-6H,1H3;2-6H2,1H3;2-5H,6H2,1H3;2-3,5H,4H2,1H3;2-4H,5H2,1H3;2-6H,1H3;2*2-5H,1H3;3-4H,2H2,1H3,(H,8,9);2-5H,1H3;2-3H,1H3,(H,5,6);2H,1H3. The number of imidazole rings is 3. The Hall–Kier alpha value is -12.6. The molecule has 554 valence electrons. The summed E-state index contributed by atoms with van der Waals surface area (Å²) >= 11 is 1.42. The van der Waals surface area contributed by atoms with Crippen LogP contribution < -0.4 is 10.7 Å². The number of aromatic amines is 2. The molecule has 16 heterocycles. The average molecular weight is 1470 g/mol. The second kappa shape index (κ2) is 40.7. The summed E-state index contributed by atoms with van der Waals surface area (Å²) in [5, 5.41) is 7.45. The van der Waals surface area contributed by atoms with Gasteiger partial charge in [0.15, 0.2) is 17.1 Å². The van der Waals surface area contributed by atoms with Crippen LogP contribution in [0.3, 0.4) is 0 Å². The monoisotopic (exact) mass is 1470 g/mol. The zero-order chi connectivity index (χ0) is 76.7. The van der Waals surface area contributed by atoms with E-state index >= 15 is 0 Å². The van der Waals surface area contributed by atoms with Crippen LogP contribution in [0.15, 0.2) is 250 Å². The van der Waals surface area contributed by atoms with Gasteiger partial charge in [0.2, 0.25) is 0 Å². The molecule has 21 rings (SSSR count). The number of aryl methyl sites for hydroxylation is 8. The summed E-state index contributed by atoms with van der Waals surface area (Å²) in [5.41, 5.74) is 23.7. The van der Waals surface area contributed by atoms with Crippen molar-refractivity contribution in [3.63, 3.8) is 0 Å². The van der Waals surface area contributed by atoms with Crippen molar-refractivity contribution in [2.24, 2.45) is 20.0 Å². The number of aliphatic imine (C=N–C) groups is 4. The van der Waals surface area contributed by atoms with Crippen molar-refractivity contribution in [3.8, 4) is 0 Å². The van der Waals surface area contributed by atoms with Crippen LogP contribution in [0.5, 0.6) is 0 Å². The van der Waals surface area contributed by atoms with E-state index in [0.29, 0.717) is 0 Å². The van der Waals surface area contributed by atoms with Gasteiger partial charge in [0.05, 0.1) is 62.1 Å². The summed E-state index contributed by atoms with van der Waals surface area (Å²) in [6, 6.07) is 47.5. The molecule has 0 amide bonds. The van der Waals surface area contributed by atoms with Gasteiger partial charge in [-0.05, 0) is 221 Å². The molecule has 0 saturated carbocycles. The first-order valence-corrected chi connectivity index (χ1v) is 37.0. The van der Waals surface area contributed by atoms with Crippen LogP contribution >= 0.6 is 11.5 Å². The highest BCUT2D eigenvalue weighted by molar-refractivity contribution is 7.05. The molecule has 2 aliphatic carbocycles. The highest BCUT2D eigenvalue weighted by Gasteiger charge is 2.18. The van der Waals surface area contributed by atoms with Gasteiger partial charge in [-0.2, -0.15) is 9.47 Å². The van der Waals surface area contributed by atoms with E-state index in [-0.39, 0.29) is 0 Å². The Kier molecular flexibility index (Phi) is 29.5. The molecule has 2 N–H and O–H groups in total. The molecule has 0 fully saturated rings. The second-order valence-electron chi connectivity index (χ2n) is 26.0. The third kappa shape index (κ3) is 25.6. The molecule has 0 bridgehead atoms. The number of allylic oxidation sites excluding steroid dienone is 2. The van der Waals surface area contributed by atoms with E-state index in [4.69, 9.17) is 4.42 Å². The van der Waals surface area contributed by atoms with E-state index in [0.717, 1.165) is 138 Å². The predicted octanol–water partition coefficient (Wildman–Crippen LogP) is 17.9. The van der Waals surface area contributed by atoms with Gasteiger partial charge in [-0.3, -0.25) is 39.9 Å². The van der Waals surface area contributed by atoms with Crippen molar-refractivity contribution in [2.45, 2.75) is 141 Å². The third-order valence-electron chi connectivity index (χ3n) is 16.6. The lowest BCUT2D eigenvalue weighted by Gasteiger charge is -2.10. The number of para-hydroxylation sites is 5. The normalized spacial score (nSPS) is 13.0. The average Bonchev–Trinajstić information content (AvgIpc) is 1.85. The predicted molar refractivity (Wildman–Crippen MR) is 441 cm³/mol. The number of hydrogen-bond donors (Lipinski definition) is 2. The third-order valence-corrected chi connectivity index (χ3v) is 17.1. The maximum absolute atomic E-state index is 5.26. The summed E-state index contributed by atoms with van der Waals surface area (Å²) in [5.74, 6) is 3.51. The van der Waals surface area contributed by atoms with Gasteiger partial charge in [-0.25, -0.2) is 39.4 Å². The van der Waals surface area contributed by atoms with E-state index in [2.05, 4.69) is 138 Å². The summed E-state index contributed by atoms with van der Waals surface area (Å²) in [7, 11) is 0. The van der Waals surface area contributed by atoms with Crippen molar-refractivity contribution in [1.82, 2.24) is 83.2 Å². The molecule has 6 aliphatic rings. The second-order valence-corrected chi connectivity index (χ2v) is 27.0. The Morgan fingerprint density at radius 2 is 1.16 bits per heavy atom. The minimum absolute atomic E-state index is 0.723. The van der Waals surface area contributed by atoms with Crippen molar-refractivity contribution < 1.29 is 4.42 Å². The van der Waals surface area contributed by atoms with Gasteiger partial charge in [0, 0.05) is 123 Å². The fourth-order valence-electron chi connectivity index (χ4n) is 11.7. The van der Waals surface area contributed by atoms with Crippen LogP contribution in [0.2, 0.25) is 0 Å². The Morgan fingerprint density at radius 1 is 0.468 bits per heavy atom. The van der Waals surface area contributed by atoms with Crippen LogP contribution in [-0.2, 0) is 19.3 Å². The molecule has 0 unspecified atom stereocenters. The molecule has 0 radical (unpaired) electrons. The van der Waals surface area contributed by atoms with Crippen LogP contribution in [0.4, 0.5) is 17.1 Å². The highest BCUT2D eigenvalue weighted by Crippen LogP contribution is 2.33. The van der Waals surface area contributed by atoms with Crippen molar-refractivity contribution in [2.75, 3.05) is 0 Å². The largest absolute Gasteiger partial charge is 0.441 e. The first kappa shape index (κ1) is 78.9. The number of hydrogen-bond acceptors (Lipinski definition) is 19. The number of H-pyrrole nitrogens is 2. The zero-order valence-electron chi connectivity index (χ0n) is 64.0. The van der Waals surface area contributed by atoms with Gasteiger partial charge in [0.1, 0.15) is 40.0 Å². The summed E-state index contributed by atoms with van der Waals surface area (Å²) in [6.45, 7) is 23.7. The Morgan fingerprint density at radius 3 is 1.82 bits per heavy atom. The van der Waals surface area contributed by atoms with Crippen LogP contribution in [-0.4, -0.2) is 106 Å². The molecule has 15 aromatic rings. The lowest BCUT2D eigenvalue weighted by atomic mass is 9.96. The molecule has 22 nitrogen and oxygen atoms in total. The van der Waals surface area contributed by atoms with E-state index in [1.54, 1.807) is 41.2 Å². The maximum Gasteiger partial charge on any atom is 0.192 e. The molecule has 0 spiro atoms. The molecule has 109 heavy (non-hydrogen) atoms. The molecule has 0 saturated heterocycles. The number of fused-ring (bicyclic) bond motifs is 8. The molecule has 12 aromatic heterocycles. The molecular formula is C86H93N21OS. The Labute approximate surface area is 640 Å². The minimum Gasteiger partial charge on any atom is -0.441 e. The van der Waals surface area contributed by atoms with Gasteiger partial charge >= 0.3 is 0 Å². The topological polar surface area (TPSA) is 271 Å². The SMILES string of the molecule is CC1=NC2=C(CCCC2)C1.CC1=Nc2ccccc2C1.CC1=Nc2cccnc2C1.CC1=Nc2cnccc2C1.Cc1ccccn1.Cc1cn2ccccc2n1.Cc1cnc2ccccc2n1.Cc1nc2c([nH]1)=CCC=2.Cc1nc2ccccc2o1.Cc1nc2ccccn2n1.Cc1ncc[nH]1.Cc1ncns1. The Bertz CT molecular complexity index is 5190. The first-order valence-electron chi connectivity index (χ1n) is 36.2. The van der Waals surface area contributed by atoms with Crippen molar-refractivity contribution in [1.29, 1.82) is 0 Å². The summed E-state index contributed by atoms with van der Waals surface area (Å²) < 4.78 is 12.8. The van der Waals surface area contributed by atoms with Crippen LogP contribution in [0.25, 0.3) is 45.6 Å². The van der Waals surface area contributed by atoms with Crippen molar-refractivity contribution in [3.05, 3.63) is 298 Å². The number of pyridine rings is 5. The number of nitrogens with one attached hydrogen (secondary N) is 2.